The van der Waals surface area contributed by atoms with Gasteiger partial charge in [-0.15, -0.1) is 0 Å². The molecule has 14 heteroatoms. The van der Waals surface area contributed by atoms with Crippen LogP contribution in [-0.4, -0.2) is 119 Å². The zero-order valence-electron chi connectivity index (χ0n) is 29.8. The first kappa shape index (κ1) is 37.7. The van der Waals surface area contributed by atoms with Gasteiger partial charge in [-0.1, -0.05) is 25.1 Å². The van der Waals surface area contributed by atoms with Crippen LogP contribution in [0.5, 0.6) is 5.75 Å². The number of rotatable bonds is 10. The maximum absolute atomic E-state index is 14.8. The highest BCUT2D eigenvalue weighted by Gasteiger charge is 2.49. The van der Waals surface area contributed by atoms with Crippen molar-refractivity contribution < 1.29 is 42.5 Å². The number of halogens is 2. The Morgan fingerprint density at radius 1 is 1.10 bits per heavy atom. The molecule has 0 aromatic heterocycles. The Balaban J connectivity index is 1.41. The zero-order valence-corrected chi connectivity index (χ0v) is 29.8. The van der Waals surface area contributed by atoms with E-state index in [-0.39, 0.29) is 56.6 Å². The minimum Gasteiger partial charge on any atom is -0.493 e. The Kier molecular flexibility index (Phi) is 11.6. The van der Waals surface area contributed by atoms with Gasteiger partial charge >= 0.3 is 6.09 Å². The number of carboxylic acid groups (broad SMARTS) is 1. The molecule has 278 valence electrons. The molecular weight excluding hydrogens is 652 g/mol. The van der Waals surface area contributed by atoms with Crippen molar-refractivity contribution in [1.82, 2.24) is 25.3 Å². The maximum Gasteiger partial charge on any atom is 0.407 e. The minimum absolute atomic E-state index is 0.0207. The Morgan fingerprint density at radius 3 is 2.46 bits per heavy atom. The fourth-order valence-corrected chi connectivity index (χ4v) is 7.86. The number of benzene rings is 1. The number of hydrogen-bond donors (Lipinski definition) is 3. The van der Waals surface area contributed by atoms with E-state index in [9.17, 15) is 33.1 Å². The first-order valence-corrected chi connectivity index (χ1v) is 17.9. The molecule has 4 aliphatic rings. The third-order valence-electron chi connectivity index (χ3n) is 10.7. The quantitative estimate of drug-likeness (QED) is 0.332. The molecular formula is C36H53F2N5O7. The van der Waals surface area contributed by atoms with Crippen LogP contribution in [-0.2, 0) is 19.1 Å². The van der Waals surface area contributed by atoms with Crippen molar-refractivity contribution in [1.29, 1.82) is 0 Å². The molecule has 5 rings (SSSR count). The van der Waals surface area contributed by atoms with Crippen LogP contribution < -0.4 is 15.4 Å². The fraction of sp³-hybridized carbons (Fsp3) is 0.722. The summed E-state index contributed by atoms with van der Waals surface area (Å²) in [7, 11) is 0. The average molecular weight is 706 g/mol. The van der Waals surface area contributed by atoms with Crippen LogP contribution in [0.25, 0.3) is 0 Å². The van der Waals surface area contributed by atoms with E-state index >= 15 is 0 Å². The van der Waals surface area contributed by atoms with E-state index in [1.54, 1.807) is 27.7 Å². The molecule has 0 radical (unpaired) electrons. The molecule has 3 heterocycles. The lowest BCUT2D eigenvalue weighted by atomic mass is 9.81. The number of amides is 4. The van der Waals surface area contributed by atoms with Gasteiger partial charge < -0.3 is 35.0 Å². The number of nitrogens with zero attached hydrogens (tertiary/aromatic N) is 3. The van der Waals surface area contributed by atoms with Crippen molar-refractivity contribution in [2.45, 2.75) is 115 Å². The summed E-state index contributed by atoms with van der Waals surface area (Å²) in [6.07, 6.45) is -0.799. The molecule has 50 heavy (non-hydrogen) atoms. The number of carbonyl (C=O) groups is 4. The summed E-state index contributed by atoms with van der Waals surface area (Å²) >= 11 is 0. The van der Waals surface area contributed by atoms with E-state index in [0.29, 0.717) is 38.3 Å². The highest BCUT2D eigenvalue weighted by molar-refractivity contribution is 5.93. The van der Waals surface area contributed by atoms with Gasteiger partial charge in [0, 0.05) is 69.2 Å². The predicted molar refractivity (Wildman–Crippen MR) is 181 cm³/mol. The second-order valence-corrected chi connectivity index (χ2v) is 15.3. The Bertz CT molecular complexity index is 1400. The van der Waals surface area contributed by atoms with Crippen LogP contribution in [0.4, 0.5) is 13.6 Å². The second kappa shape index (κ2) is 15.4. The summed E-state index contributed by atoms with van der Waals surface area (Å²) in [5.74, 6) is -4.96. The third kappa shape index (κ3) is 8.67. The highest BCUT2D eigenvalue weighted by atomic mass is 19.3. The first-order valence-electron chi connectivity index (χ1n) is 17.9. The number of carbonyl (C=O) groups excluding carboxylic acids is 3. The summed E-state index contributed by atoms with van der Waals surface area (Å²) < 4.78 is 40.4. The lowest BCUT2D eigenvalue weighted by molar-refractivity contribution is -0.150. The van der Waals surface area contributed by atoms with Crippen LogP contribution in [0.15, 0.2) is 24.3 Å². The van der Waals surface area contributed by atoms with Crippen molar-refractivity contribution in [2.24, 2.45) is 11.8 Å². The van der Waals surface area contributed by atoms with Crippen molar-refractivity contribution in [3.8, 4) is 5.75 Å². The zero-order chi connectivity index (χ0) is 36.4. The van der Waals surface area contributed by atoms with Gasteiger partial charge in [0.15, 0.2) is 0 Å². The van der Waals surface area contributed by atoms with Gasteiger partial charge in [0.1, 0.15) is 17.8 Å². The number of alkyl halides is 2. The first-order chi connectivity index (χ1) is 23.6. The highest BCUT2D eigenvalue weighted by Crippen LogP contribution is 2.39. The molecule has 0 unspecified atom stereocenters. The molecule has 1 aromatic rings. The van der Waals surface area contributed by atoms with Crippen LogP contribution in [0.2, 0.25) is 0 Å². The smallest absolute Gasteiger partial charge is 0.407 e. The van der Waals surface area contributed by atoms with Gasteiger partial charge in [-0.3, -0.25) is 19.3 Å². The molecule has 2 saturated heterocycles. The lowest BCUT2D eigenvalue weighted by Crippen LogP contribution is -2.66. The topological polar surface area (TPSA) is 141 Å². The molecule has 1 aromatic carbocycles. The van der Waals surface area contributed by atoms with Crippen LogP contribution in [0.3, 0.4) is 0 Å². The van der Waals surface area contributed by atoms with Crippen molar-refractivity contribution in [2.75, 3.05) is 39.4 Å². The largest absolute Gasteiger partial charge is 0.493 e. The van der Waals surface area contributed by atoms with Crippen LogP contribution in [0.1, 0.15) is 84.7 Å². The van der Waals surface area contributed by atoms with Gasteiger partial charge in [0.25, 0.3) is 0 Å². The molecule has 1 saturated carbocycles. The van der Waals surface area contributed by atoms with Crippen LogP contribution >= 0.6 is 0 Å². The molecule has 6 atom stereocenters. The van der Waals surface area contributed by atoms with Gasteiger partial charge in [-0.2, -0.15) is 0 Å². The Labute approximate surface area is 293 Å². The number of nitrogens with one attached hydrogen (secondary N) is 2. The van der Waals surface area contributed by atoms with E-state index in [1.807, 2.05) is 31.2 Å². The predicted octanol–water partition coefficient (Wildman–Crippen LogP) is 4.04. The van der Waals surface area contributed by atoms with E-state index in [4.69, 9.17) is 9.47 Å². The molecule has 0 bridgehead atoms. The van der Waals surface area contributed by atoms with E-state index in [0.717, 1.165) is 10.5 Å². The van der Waals surface area contributed by atoms with E-state index in [1.165, 1.54) is 4.90 Å². The fourth-order valence-electron chi connectivity index (χ4n) is 7.86. The van der Waals surface area contributed by atoms with Crippen molar-refractivity contribution >= 4 is 23.8 Å². The Morgan fingerprint density at radius 2 is 1.80 bits per heavy atom. The molecule has 0 spiro atoms. The number of para-hydroxylation sites is 1. The monoisotopic (exact) mass is 705 g/mol. The number of hydrogen-bond acceptors (Lipinski definition) is 7. The number of ether oxygens (including phenoxy) is 2. The van der Waals surface area contributed by atoms with Gasteiger partial charge in [0.05, 0.1) is 24.7 Å². The molecule has 3 fully saturated rings. The SMILES string of the molecule is CCO[C@@H]1C[C@H]2CN(C(=O)[C@@H](NC(=O)[C@@H](C)CN(C(=O)O)C(C)(C)C)C3CCC(F)(F)CC3)[C@H](C(=O)N[C@@H]3CCOc4ccccc43)CN2C1. The molecule has 3 N–H and O–H groups in total. The molecule has 4 amide bonds. The van der Waals surface area contributed by atoms with Gasteiger partial charge in [-0.05, 0) is 58.9 Å². The normalized spacial score (nSPS) is 26.5. The number of fused-ring (bicyclic) bond motifs is 2. The lowest BCUT2D eigenvalue weighted by Gasteiger charge is -2.45. The second-order valence-electron chi connectivity index (χ2n) is 15.3. The van der Waals surface area contributed by atoms with Gasteiger partial charge in [0.2, 0.25) is 23.6 Å². The van der Waals surface area contributed by atoms with Crippen LogP contribution in [0, 0.1) is 11.8 Å². The van der Waals surface area contributed by atoms with E-state index in [2.05, 4.69) is 15.5 Å². The Hall–Kier alpha value is -3.52. The summed E-state index contributed by atoms with van der Waals surface area (Å²) in [6, 6.07) is 5.04. The minimum atomic E-state index is -2.86. The molecule has 12 nitrogen and oxygen atoms in total. The number of piperazine rings is 1. The molecule has 1 aliphatic carbocycles. The summed E-state index contributed by atoms with van der Waals surface area (Å²) in [6.45, 7) is 10.6. The van der Waals surface area contributed by atoms with E-state index < -0.39 is 66.1 Å². The summed E-state index contributed by atoms with van der Waals surface area (Å²) in [5.41, 5.74) is 0.0697. The standard InChI is InChI=1S/C36H53F2N5O7/c1-6-49-25-17-24-19-42(28(21-41(24)20-25)32(45)39-27-13-16-50-29-10-8-7-9-26(27)29)33(46)30(23-11-14-36(37,38)15-12-23)40-31(44)22(2)18-43(34(47)48)35(3,4)5/h7-10,22-25,27-28,30H,6,11-21H2,1-5H3,(H,39,45)(H,40,44)(H,47,48)/t22-,24-,25+,27+,28-,30-/m0/s1. The maximum atomic E-state index is 14.8. The third-order valence-corrected chi connectivity index (χ3v) is 10.7. The molecule has 3 aliphatic heterocycles. The van der Waals surface area contributed by atoms with Crippen molar-refractivity contribution in [3.63, 3.8) is 0 Å². The van der Waals surface area contributed by atoms with Gasteiger partial charge in [-0.25, -0.2) is 13.6 Å². The average Bonchev–Trinajstić information content (AvgIpc) is 3.46. The van der Waals surface area contributed by atoms with Crippen molar-refractivity contribution in [3.05, 3.63) is 29.8 Å². The summed E-state index contributed by atoms with van der Waals surface area (Å²) in [5, 5.41) is 15.8. The summed E-state index contributed by atoms with van der Waals surface area (Å²) in [4.78, 5) is 59.6.